The van der Waals surface area contributed by atoms with Gasteiger partial charge in [0.05, 0.1) is 12.2 Å². The number of unbranched alkanes of at least 4 members (excludes halogenated alkanes) is 3. The maximum Gasteiger partial charge on any atom is 0.366 e. The fourth-order valence-electron chi connectivity index (χ4n) is 3.88. The van der Waals surface area contributed by atoms with Crippen LogP contribution < -0.4 is 9.58 Å². The summed E-state index contributed by atoms with van der Waals surface area (Å²) in [5.41, 5.74) is 2.60. The Bertz CT molecular complexity index is 1470. The second kappa shape index (κ2) is 10.4. The number of hydrogen-bond acceptors (Lipinski definition) is 7. The average molecular weight is 484 g/mol. The maximum absolute atomic E-state index is 12.9. The van der Waals surface area contributed by atoms with Crippen LogP contribution >= 0.6 is 0 Å². The van der Waals surface area contributed by atoms with Crippen LogP contribution in [0.2, 0.25) is 0 Å². The van der Waals surface area contributed by atoms with E-state index in [4.69, 9.17) is 9.15 Å². The molecule has 9 nitrogen and oxygen atoms in total. The topological polar surface area (TPSA) is 110 Å². The van der Waals surface area contributed by atoms with Crippen molar-refractivity contribution in [1.82, 2.24) is 20.1 Å². The Balaban J connectivity index is 1.27. The summed E-state index contributed by atoms with van der Waals surface area (Å²) in [6.07, 6.45) is 4.65. The van der Waals surface area contributed by atoms with E-state index in [9.17, 15) is 10.0 Å². The van der Waals surface area contributed by atoms with Crippen LogP contribution in [0.15, 0.2) is 77.2 Å². The molecule has 0 bridgehead atoms. The van der Waals surface area contributed by atoms with Gasteiger partial charge in [-0.05, 0) is 67.1 Å². The molecule has 182 valence electrons. The largest absolute Gasteiger partial charge is 0.691 e. The molecule has 0 radical (unpaired) electrons. The minimum atomic E-state index is -0.411. The van der Waals surface area contributed by atoms with Gasteiger partial charge in [-0.1, -0.05) is 43.0 Å². The number of hydrogen-bond donors (Lipinski definition) is 0. The second-order valence-corrected chi connectivity index (χ2v) is 8.39. The Kier molecular flexibility index (Phi) is 6.70. The predicted octanol–water partition coefficient (Wildman–Crippen LogP) is 5.03. The number of aromatic nitrogens is 5. The minimum absolute atomic E-state index is 0.326. The summed E-state index contributed by atoms with van der Waals surface area (Å²) >= 11 is 0. The van der Waals surface area contributed by atoms with Gasteiger partial charge in [-0.15, -0.1) is 15.0 Å². The molecule has 0 aliphatic rings. The van der Waals surface area contributed by atoms with E-state index < -0.39 is 5.91 Å². The molecule has 0 aliphatic heterocycles. The van der Waals surface area contributed by atoms with Gasteiger partial charge in [0.15, 0.2) is 0 Å². The summed E-state index contributed by atoms with van der Waals surface area (Å²) in [5.74, 6) is 1.12. The first-order chi connectivity index (χ1) is 17.6. The molecule has 5 rings (SSSR count). The van der Waals surface area contributed by atoms with E-state index in [0.717, 1.165) is 22.4 Å². The molecule has 0 saturated carbocycles. The molecule has 0 fully saturated rings. The quantitative estimate of drug-likeness (QED) is 0.164. The number of para-hydroxylation sites is 2. The molecule has 0 atom stereocenters. The molecule has 5 aromatic rings. The van der Waals surface area contributed by atoms with Gasteiger partial charge in [-0.3, -0.25) is 0 Å². The Hall–Kier alpha value is -4.53. The van der Waals surface area contributed by atoms with Gasteiger partial charge in [-0.2, -0.15) is 0 Å². The van der Waals surface area contributed by atoms with Crippen molar-refractivity contribution in [3.8, 4) is 28.7 Å². The number of fused-ring (bicyclic) bond motifs is 1. The third kappa shape index (κ3) is 4.81. The molecular weight excluding hydrogens is 458 g/mol. The third-order valence-corrected chi connectivity index (χ3v) is 5.85. The lowest BCUT2D eigenvalue weighted by molar-refractivity contribution is -0.645. The van der Waals surface area contributed by atoms with Gasteiger partial charge < -0.3 is 14.4 Å². The molecule has 9 heteroatoms. The van der Waals surface area contributed by atoms with E-state index in [1.807, 2.05) is 24.3 Å². The zero-order valence-electron chi connectivity index (χ0n) is 19.8. The summed E-state index contributed by atoms with van der Waals surface area (Å²) in [6.45, 7) is 2.89. The molecule has 0 aliphatic carbocycles. The van der Waals surface area contributed by atoms with Crippen molar-refractivity contribution in [2.24, 2.45) is 0 Å². The molecule has 0 unspecified atom stereocenters. The van der Waals surface area contributed by atoms with E-state index in [2.05, 4.69) is 22.3 Å². The molecule has 0 N–H and O–H groups in total. The highest BCUT2D eigenvalue weighted by Gasteiger charge is 2.23. The van der Waals surface area contributed by atoms with Crippen LogP contribution in [0, 0.1) is 5.21 Å². The highest BCUT2D eigenvalue weighted by atomic mass is 16.5. The van der Waals surface area contributed by atoms with Gasteiger partial charge in [0, 0.05) is 11.1 Å². The van der Waals surface area contributed by atoms with Gasteiger partial charge in [0.25, 0.3) is 0 Å². The SMILES string of the molecule is CCCCCCOc1ccc(-c2nnc(-c3ccc(C(=O)n4n[n+]([O-])c5ccccc54)cc3)o2)cc1. The van der Waals surface area contributed by atoms with Gasteiger partial charge in [-0.25, -0.2) is 4.79 Å². The zero-order valence-corrected chi connectivity index (χ0v) is 19.8. The van der Waals surface area contributed by atoms with Crippen LogP contribution in [0.25, 0.3) is 33.9 Å². The van der Waals surface area contributed by atoms with Crippen LogP contribution in [0.3, 0.4) is 0 Å². The van der Waals surface area contributed by atoms with E-state index in [1.54, 1.807) is 48.5 Å². The van der Waals surface area contributed by atoms with Gasteiger partial charge in [0.1, 0.15) is 11.0 Å². The third-order valence-electron chi connectivity index (χ3n) is 5.85. The van der Waals surface area contributed by atoms with Gasteiger partial charge >= 0.3 is 5.91 Å². The van der Waals surface area contributed by atoms with Crippen LogP contribution in [-0.2, 0) is 0 Å². The molecule has 0 amide bonds. The number of nitrogens with zero attached hydrogens (tertiary/aromatic N) is 5. The lowest BCUT2D eigenvalue weighted by Gasteiger charge is -2.06. The molecular formula is C27H25N5O4. The highest BCUT2D eigenvalue weighted by Crippen LogP contribution is 2.26. The Morgan fingerprint density at radius 1 is 0.917 bits per heavy atom. The van der Waals surface area contributed by atoms with Crippen molar-refractivity contribution in [2.75, 3.05) is 6.61 Å². The fourth-order valence-corrected chi connectivity index (χ4v) is 3.88. The maximum atomic E-state index is 12.9. The van der Waals surface area contributed by atoms with E-state index in [1.165, 1.54) is 19.3 Å². The Labute approximate surface area is 207 Å². The lowest BCUT2D eigenvalue weighted by atomic mass is 10.1. The van der Waals surface area contributed by atoms with Crippen molar-refractivity contribution in [3.63, 3.8) is 0 Å². The smallest absolute Gasteiger partial charge is 0.366 e. The number of benzene rings is 3. The van der Waals surface area contributed by atoms with Crippen molar-refractivity contribution < 1.29 is 18.8 Å². The van der Waals surface area contributed by atoms with E-state index >= 15 is 0 Å². The first kappa shape index (κ1) is 23.2. The highest BCUT2D eigenvalue weighted by molar-refractivity contribution is 5.99. The summed E-state index contributed by atoms with van der Waals surface area (Å²) in [4.78, 5) is 13.4. The van der Waals surface area contributed by atoms with Crippen molar-refractivity contribution in [3.05, 3.63) is 83.6 Å². The summed E-state index contributed by atoms with van der Waals surface area (Å²) < 4.78 is 12.7. The number of carbonyl (C=O) groups excluding carboxylic acids is 1. The lowest BCUT2D eigenvalue weighted by Crippen LogP contribution is -2.31. The number of rotatable bonds is 9. The molecule has 0 spiro atoms. The Morgan fingerprint density at radius 3 is 2.28 bits per heavy atom. The van der Waals surface area contributed by atoms with Crippen LogP contribution in [0.5, 0.6) is 5.75 Å². The molecule has 3 aromatic carbocycles. The summed E-state index contributed by atoms with van der Waals surface area (Å²) in [7, 11) is 0. The fraction of sp³-hybridized carbons (Fsp3) is 0.222. The van der Waals surface area contributed by atoms with Crippen LogP contribution in [0.4, 0.5) is 0 Å². The van der Waals surface area contributed by atoms with Crippen LogP contribution in [-0.4, -0.2) is 32.6 Å². The first-order valence-corrected chi connectivity index (χ1v) is 11.9. The molecule has 2 aromatic heterocycles. The van der Waals surface area contributed by atoms with Crippen molar-refractivity contribution >= 4 is 16.9 Å². The zero-order chi connectivity index (χ0) is 24.9. The van der Waals surface area contributed by atoms with E-state index in [-0.39, 0.29) is 0 Å². The number of ether oxygens (including phenoxy) is 1. The number of carbonyl (C=O) groups is 1. The molecule has 0 saturated heterocycles. The van der Waals surface area contributed by atoms with Gasteiger partial charge in [0.2, 0.25) is 22.8 Å². The van der Waals surface area contributed by atoms with E-state index in [0.29, 0.717) is 45.4 Å². The van der Waals surface area contributed by atoms with Crippen LogP contribution in [0.1, 0.15) is 43.0 Å². The molecule has 36 heavy (non-hydrogen) atoms. The first-order valence-electron chi connectivity index (χ1n) is 11.9. The second-order valence-electron chi connectivity index (χ2n) is 8.39. The molecule has 2 heterocycles. The normalized spacial score (nSPS) is 11.1. The van der Waals surface area contributed by atoms with Crippen molar-refractivity contribution in [1.29, 1.82) is 0 Å². The average Bonchev–Trinajstić information content (AvgIpc) is 3.54. The predicted molar refractivity (Wildman–Crippen MR) is 133 cm³/mol. The standard InChI is InChI=1S/C27H25N5O4/c1-2-3-4-7-18-35-22-16-14-20(15-17-22)26-29-28-25(36-26)19-10-12-21(13-11-19)27(33)31-23-8-5-6-9-24(23)32(34)30-31/h5-6,8-17H,2-4,7,18H2,1H3. The van der Waals surface area contributed by atoms with Crippen molar-refractivity contribution in [2.45, 2.75) is 32.6 Å². The monoisotopic (exact) mass is 483 g/mol. The summed E-state index contributed by atoms with van der Waals surface area (Å²) in [5, 5.41) is 24.1. The minimum Gasteiger partial charge on any atom is -0.691 e. The summed E-state index contributed by atoms with van der Waals surface area (Å²) in [6, 6.07) is 21.0. The Morgan fingerprint density at radius 2 is 1.58 bits per heavy atom.